The summed E-state index contributed by atoms with van der Waals surface area (Å²) < 4.78 is 25.1. The van der Waals surface area contributed by atoms with Crippen LogP contribution in [0.15, 0.2) is 40.9 Å². The maximum absolute atomic E-state index is 13.9. The van der Waals surface area contributed by atoms with Gasteiger partial charge in [-0.25, -0.2) is 4.39 Å². The molecule has 0 spiro atoms. The molecule has 0 amide bonds. The number of hydrogen-bond donors (Lipinski definition) is 1. The van der Waals surface area contributed by atoms with Gasteiger partial charge in [0.2, 0.25) is 0 Å². The standard InChI is InChI=1S/C16H17BrFNO2/c1-20-12-5-6-13(16(9-12)21-2)15(19)7-10-3-4-11(17)8-14(10)18/h3-6,8-9,15H,7,19H2,1-2H3. The van der Waals surface area contributed by atoms with Gasteiger partial charge in [0.05, 0.1) is 14.2 Å². The van der Waals surface area contributed by atoms with E-state index in [0.29, 0.717) is 28.0 Å². The predicted octanol–water partition coefficient (Wildman–Crippen LogP) is 3.85. The molecule has 0 aliphatic heterocycles. The molecule has 0 saturated carbocycles. The molecule has 112 valence electrons. The van der Waals surface area contributed by atoms with Crippen molar-refractivity contribution in [1.29, 1.82) is 0 Å². The molecular formula is C16H17BrFNO2. The molecule has 0 radical (unpaired) electrons. The lowest BCUT2D eigenvalue weighted by Crippen LogP contribution is -2.15. The van der Waals surface area contributed by atoms with Crippen molar-refractivity contribution in [3.8, 4) is 11.5 Å². The topological polar surface area (TPSA) is 44.5 Å². The van der Waals surface area contributed by atoms with Gasteiger partial charge in [-0.05, 0) is 30.2 Å². The molecule has 21 heavy (non-hydrogen) atoms. The van der Waals surface area contributed by atoms with Crippen LogP contribution in [0.25, 0.3) is 0 Å². The van der Waals surface area contributed by atoms with E-state index in [-0.39, 0.29) is 11.9 Å². The Balaban J connectivity index is 2.25. The SMILES string of the molecule is COc1ccc(C(N)Cc2ccc(Br)cc2F)c(OC)c1. The van der Waals surface area contributed by atoms with E-state index in [0.717, 1.165) is 5.56 Å². The van der Waals surface area contributed by atoms with Gasteiger partial charge in [-0.1, -0.05) is 28.1 Å². The zero-order chi connectivity index (χ0) is 15.4. The van der Waals surface area contributed by atoms with Crippen LogP contribution < -0.4 is 15.2 Å². The van der Waals surface area contributed by atoms with Gasteiger partial charge in [-0.2, -0.15) is 0 Å². The minimum Gasteiger partial charge on any atom is -0.497 e. The van der Waals surface area contributed by atoms with Gasteiger partial charge >= 0.3 is 0 Å². The minimum absolute atomic E-state index is 0.271. The van der Waals surface area contributed by atoms with Gasteiger partial charge in [0.15, 0.2) is 0 Å². The van der Waals surface area contributed by atoms with Gasteiger partial charge in [-0.3, -0.25) is 0 Å². The first kappa shape index (κ1) is 15.8. The fourth-order valence-corrected chi connectivity index (χ4v) is 2.49. The number of ether oxygens (including phenoxy) is 2. The van der Waals surface area contributed by atoms with Crippen LogP contribution in [-0.2, 0) is 6.42 Å². The van der Waals surface area contributed by atoms with Gasteiger partial charge in [-0.15, -0.1) is 0 Å². The summed E-state index contributed by atoms with van der Waals surface area (Å²) in [5.74, 6) is 1.06. The van der Waals surface area contributed by atoms with E-state index in [2.05, 4.69) is 15.9 Å². The van der Waals surface area contributed by atoms with Crippen LogP contribution >= 0.6 is 15.9 Å². The third-order valence-electron chi connectivity index (χ3n) is 3.30. The highest BCUT2D eigenvalue weighted by atomic mass is 79.9. The van der Waals surface area contributed by atoms with Crippen molar-refractivity contribution in [1.82, 2.24) is 0 Å². The minimum atomic E-state index is -0.360. The molecule has 0 heterocycles. The normalized spacial score (nSPS) is 12.0. The Labute approximate surface area is 132 Å². The number of nitrogens with two attached hydrogens (primary N) is 1. The van der Waals surface area contributed by atoms with E-state index in [1.54, 1.807) is 32.4 Å². The average molecular weight is 354 g/mol. The van der Waals surface area contributed by atoms with E-state index in [4.69, 9.17) is 15.2 Å². The second-order valence-electron chi connectivity index (χ2n) is 4.65. The molecule has 0 aliphatic rings. The molecule has 0 aliphatic carbocycles. The van der Waals surface area contributed by atoms with Crippen LogP contribution in [-0.4, -0.2) is 14.2 Å². The number of halogens is 2. The summed E-state index contributed by atoms with van der Waals surface area (Å²) in [5.41, 5.74) is 7.60. The zero-order valence-corrected chi connectivity index (χ0v) is 13.5. The third kappa shape index (κ3) is 3.74. The van der Waals surface area contributed by atoms with Gasteiger partial charge in [0.1, 0.15) is 17.3 Å². The van der Waals surface area contributed by atoms with E-state index < -0.39 is 0 Å². The van der Waals surface area contributed by atoms with Crippen LogP contribution in [0.5, 0.6) is 11.5 Å². The number of hydrogen-bond acceptors (Lipinski definition) is 3. The summed E-state index contributed by atoms with van der Waals surface area (Å²) in [4.78, 5) is 0. The van der Waals surface area contributed by atoms with Crippen molar-refractivity contribution in [2.24, 2.45) is 5.73 Å². The van der Waals surface area contributed by atoms with Crippen LogP contribution in [0.3, 0.4) is 0 Å². The monoisotopic (exact) mass is 353 g/mol. The molecule has 1 unspecified atom stereocenters. The smallest absolute Gasteiger partial charge is 0.127 e. The quantitative estimate of drug-likeness (QED) is 0.887. The fraction of sp³-hybridized carbons (Fsp3) is 0.250. The van der Waals surface area contributed by atoms with Crippen molar-refractivity contribution < 1.29 is 13.9 Å². The van der Waals surface area contributed by atoms with Crippen LogP contribution in [0, 0.1) is 5.82 Å². The van der Waals surface area contributed by atoms with Crippen molar-refractivity contribution in [3.05, 3.63) is 57.8 Å². The van der Waals surface area contributed by atoms with Crippen molar-refractivity contribution >= 4 is 15.9 Å². The Morgan fingerprint density at radius 2 is 1.90 bits per heavy atom. The maximum atomic E-state index is 13.9. The summed E-state index contributed by atoms with van der Waals surface area (Å²) in [7, 11) is 3.16. The lowest BCUT2D eigenvalue weighted by Gasteiger charge is -2.17. The zero-order valence-electron chi connectivity index (χ0n) is 11.9. The van der Waals surface area contributed by atoms with Crippen molar-refractivity contribution in [2.75, 3.05) is 14.2 Å². The average Bonchev–Trinajstić information content (AvgIpc) is 2.49. The maximum Gasteiger partial charge on any atom is 0.127 e. The molecule has 0 bridgehead atoms. The second-order valence-corrected chi connectivity index (χ2v) is 5.57. The third-order valence-corrected chi connectivity index (χ3v) is 3.79. The lowest BCUT2D eigenvalue weighted by atomic mass is 9.98. The Hall–Kier alpha value is -1.59. The summed E-state index contributed by atoms with van der Waals surface area (Å²) in [6, 6.07) is 10.0. The van der Waals surface area contributed by atoms with E-state index in [9.17, 15) is 4.39 Å². The molecule has 2 aromatic carbocycles. The molecule has 0 fully saturated rings. The Kier molecular flexibility index (Phi) is 5.20. The molecule has 0 aromatic heterocycles. The lowest BCUT2D eigenvalue weighted by molar-refractivity contribution is 0.388. The molecule has 3 nitrogen and oxygen atoms in total. The predicted molar refractivity (Wildman–Crippen MR) is 84.3 cm³/mol. The molecule has 1 atom stereocenters. The Bertz CT molecular complexity index is 634. The summed E-state index contributed by atoms with van der Waals surface area (Å²) in [5, 5.41) is 0. The first-order valence-electron chi connectivity index (χ1n) is 6.46. The highest BCUT2D eigenvalue weighted by Gasteiger charge is 2.15. The van der Waals surface area contributed by atoms with E-state index in [1.807, 2.05) is 12.1 Å². The number of methoxy groups -OCH3 is 2. The van der Waals surface area contributed by atoms with Crippen LogP contribution in [0.4, 0.5) is 4.39 Å². The Morgan fingerprint density at radius 1 is 1.14 bits per heavy atom. The summed E-state index contributed by atoms with van der Waals surface area (Å²) in [6.45, 7) is 0. The highest BCUT2D eigenvalue weighted by Crippen LogP contribution is 2.30. The second kappa shape index (κ2) is 6.91. The van der Waals surface area contributed by atoms with Gasteiger partial charge < -0.3 is 15.2 Å². The molecule has 2 aromatic rings. The number of rotatable bonds is 5. The molecule has 5 heteroatoms. The molecule has 2 N–H and O–H groups in total. The van der Waals surface area contributed by atoms with Gasteiger partial charge in [0.25, 0.3) is 0 Å². The highest BCUT2D eigenvalue weighted by molar-refractivity contribution is 9.10. The van der Waals surface area contributed by atoms with E-state index in [1.165, 1.54) is 6.07 Å². The van der Waals surface area contributed by atoms with Crippen LogP contribution in [0.2, 0.25) is 0 Å². The Morgan fingerprint density at radius 3 is 2.52 bits per heavy atom. The molecule has 0 saturated heterocycles. The van der Waals surface area contributed by atoms with Crippen LogP contribution in [0.1, 0.15) is 17.2 Å². The molecule has 2 rings (SSSR count). The summed E-state index contributed by atoms with van der Waals surface area (Å²) in [6.07, 6.45) is 0.391. The van der Waals surface area contributed by atoms with Crippen molar-refractivity contribution in [3.63, 3.8) is 0 Å². The van der Waals surface area contributed by atoms with Gasteiger partial charge in [0, 0.05) is 22.1 Å². The van der Waals surface area contributed by atoms with Crippen molar-refractivity contribution in [2.45, 2.75) is 12.5 Å². The fourth-order valence-electron chi connectivity index (χ4n) is 2.16. The number of benzene rings is 2. The first-order chi connectivity index (χ1) is 10.0. The largest absolute Gasteiger partial charge is 0.497 e. The summed E-state index contributed by atoms with van der Waals surface area (Å²) >= 11 is 3.24. The molecular weight excluding hydrogens is 337 g/mol. The first-order valence-corrected chi connectivity index (χ1v) is 7.26. The van der Waals surface area contributed by atoms with E-state index >= 15 is 0 Å².